The molecule has 17 heavy (non-hydrogen) atoms. The SMILES string of the molecule is C#CCNC(=O)C(C)Sc1cc(C)ccc1N. The highest BCUT2D eigenvalue weighted by Gasteiger charge is 2.14. The van der Waals surface area contributed by atoms with Gasteiger partial charge in [-0.2, -0.15) is 0 Å². The molecule has 90 valence electrons. The van der Waals surface area contributed by atoms with Gasteiger partial charge in [0.05, 0.1) is 11.8 Å². The molecule has 4 heteroatoms. The van der Waals surface area contributed by atoms with E-state index in [1.165, 1.54) is 11.8 Å². The second-order valence-corrected chi connectivity index (χ2v) is 5.11. The van der Waals surface area contributed by atoms with E-state index in [0.717, 1.165) is 10.5 Å². The Hall–Kier alpha value is -1.60. The van der Waals surface area contributed by atoms with E-state index in [1.807, 2.05) is 32.0 Å². The monoisotopic (exact) mass is 248 g/mol. The fourth-order valence-corrected chi connectivity index (χ4v) is 2.30. The molecule has 0 aliphatic rings. The highest BCUT2D eigenvalue weighted by atomic mass is 32.2. The topological polar surface area (TPSA) is 55.1 Å². The second-order valence-electron chi connectivity index (χ2n) is 3.72. The number of amides is 1. The predicted molar refractivity (Wildman–Crippen MR) is 72.8 cm³/mol. The molecule has 0 heterocycles. The first-order valence-corrected chi connectivity index (χ1v) is 6.16. The Labute approximate surface area is 106 Å². The molecule has 1 aromatic carbocycles. The molecule has 0 radical (unpaired) electrons. The van der Waals surface area contributed by atoms with Crippen LogP contribution in [0.1, 0.15) is 12.5 Å². The average molecular weight is 248 g/mol. The van der Waals surface area contributed by atoms with E-state index < -0.39 is 0 Å². The Morgan fingerprint density at radius 3 is 3.00 bits per heavy atom. The van der Waals surface area contributed by atoms with E-state index in [4.69, 9.17) is 12.2 Å². The van der Waals surface area contributed by atoms with Gasteiger partial charge >= 0.3 is 0 Å². The zero-order valence-electron chi connectivity index (χ0n) is 9.99. The fourth-order valence-electron chi connectivity index (χ4n) is 1.27. The minimum atomic E-state index is -0.215. The first-order valence-electron chi connectivity index (χ1n) is 5.28. The Morgan fingerprint density at radius 2 is 2.35 bits per heavy atom. The number of thioether (sulfide) groups is 1. The Kier molecular flexibility index (Phi) is 4.92. The van der Waals surface area contributed by atoms with E-state index in [1.54, 1.807) is 0 Å². The predicted octanol–water partition coefficient (Wildman–Crippen LogP) is 1.81. The van der Waals surface area contributed by atoms with E-state index in [-0.39, 0.29) is 17.7 Å². The molecule has 0 aliphatic carbocycles. The maximum absolute atomic E-state index is 11.6. The summed E-state index contributed by atoms with van der Waals surface area (Å²) >= 11 is 1.44. The third-order valence-electron chi connectivity index (χ3n) is 2.21. The lowest BCUT2D eigenvalue weighted by Gasteiger charge is -2.12. The molecular formula is C13H16N2OS. The Morgan fingerprint density at radius 1 is 1.65 bits per heavy atom. The van der Waals surface area contributed by atoms with Crippen molar-refractivity contribution in [3.05, 3.63) is 23.8 Å². The van der Waals surface area contributed by atoms with Gasteiger partial charge in [-0.15, -0.1) is 18.2 Å². The summed E-state index contributed by atoms with van der Waals surface area (Å²) in [4.78, 5) is 12.6. The van der Waals surface area contributed by atoms with Crippen molar-refractivity contribution >= 4 is 23.4 Å². The van der Waals surface area contributed by atoms with Crippen molar-refractivity contribution in [2.75, 3.05) is 12.3 Å². The van der Waals surface area contributed by atoms with Crippen LogP contribution in [0.3, 0.4) is 0 Å². The molecular weight excluding hydrogens is 232 g/mol. The summed E-state index contributed by atoms with van der Waals surface area (Å²) in [5.74, 6) is 2.30. The van der Waals surface area contributed by atoms with E-state index in [0.29, 0.717) is 5.69 Å². The number of carbonyl (C=O) groups is 1. The number of hydrogen-bond acceptors (Lipinski definition) is 3. The van der Waals surface area contributed by atoms with Gasteiger partial charge in [-0.25, -0.2) is 0 Å². The first-order chi connectivity index (χ1) is 8.04. The number of anilines is 1. The van der Waals surface area contributed by atoms with E-state index in [9.17, 15) is 4.79 Å². The summed E-state index contributed by atoms with van der Waals surface area (Å²) in [5.41, 5.74) is 7.67. The highest BCUT2D eigenvalue weighted by Crippen LogP contribution is 2.29. The molecule has 1 aromatic rings. The van der Waals surface area contributed by atoms with Crippen LogP contribution in [0.2, 0.25) is 0 Å². The van der Waals surface area contributed by atoms with Crippen LogP contribution in [-0.4, -0.2) is 17.7 Å². The van der Waals surface area contributed by atoms with Crippen molar-refractivity contribution in [1.29, 1.82) is 0 Å². The first kappa shape index (κ1) is 13.5. The molecule has 1 rings (SSSR count). The molecule has 1 amide bonds. The van der Waals surface area contributed by atoms with Crippen LogP contribution in [0.5, 0.6) is 0 Å². The van der Waals surface area contributed by atoms with Gasteiger partial charge in [0, 0.05) is 10.6 Å². The number of aryl methyl sites for hydroxylation is 1. The number of nitrogens with two attached hydrogens (primary N) is 1. The van der Waals surface area contributed by atoms with Gasteiger partial charge in [-0.1, -0.05) is 12.0 Å². The Balaban J connectivity index is 2.67. The van der Waals surface area contributed by atoms with Crippen LogP contribution in [0.15, 0.2) is 23.1 Å². The molecule has 0 bridgehead atoms. The number of hydrogen-bond donors (Lipinski definition) is 2. The van der Waals surface area contributed by atoms with Crippen molar-refractivity contribution in [2.45, 2.75) is 24.0 Å². The summed E-state index contributed by atoms with van der Waals surface area (Å²) in [7, 11) is 0. The van der Waals surface area contributed by atoms with E-state index in [2.05, 4.69) is 11.2 Å². The lowest BCUT2D eigenvalue weighted by atomic mass is 10.2. The van der Waals surface area contributed by atoms with Crippen molar-refractivity contribution in [3.8, 4) is 12.3 Å². The van der Waals surface area contributed by atoms with Crippen molar-refractivity contribution in [3.63, 3.8) is 0 Å². The van der Waals surface area contributed by atoms with Gasteiger partial charge in [0.2, 0.25) is 5.91 Å². The number of nitrogen functional groups attached to an aromatic ring is 1. The molecule has 0 spiro atoms. The number of rotatable bonds is 4. The number of benzene rings is 1. The van der Waals surface area contributed by atoms with Gasteiger partial charge in [-0.3, -0.25) is 4.79 Å². The maximum Gasteiger partial charge on any atom is 0.233 e. The molecule has 1 atom stereocenters. The van der Waals surface area contributed by atoms with Crippen molar-refractivity contribution in [1.82, 2.24) is 5.32 Å². The van der Waals surface area contributed by atoms with Crippen molar-refractivity contribution in [2.24, 2.45) is 0 Å². The van der Waals surface area contributed by atoms with Crippen LogP contribution in [0, 0.1) is 19.3 Å². The molecule has 1 unspecified atom stereocenters. The third kappa shape index (κ3) is 4.04. The normalized spacial score (nSPS) is 11.6. The minimum Gasteiger partial charge on any atom is -0.398 e. The molecule has 0 aliphatic heterocycles. The molecule has 0 saturated carbocycles. The van der Waals surface area contributed by atoms with Crippen LogP contribution in [0.4, 0.5) is 5.69 Å². The summed E-state index contributed by atoms with van der Waals surface area (Å²) in [6.07, 6.45) is 5.08. The Bertz CT molecular complexity index is 451. The van der Waals surface area contributed by atoms with Crippen LogP contribution in [0.25, 0.3) is 0 Å². The quantitative estimate of drug-likeness (QED) is 0.485. The van der Waals surface area contributed by atoms with Gasteiger partial charge in [-0.05, 0) is 31.5 Å². The fraction of sp³-hybridized carbons (Fsp3) is 0.308. The lowest BCUT2D eigenvalue weighted by molar-refractivity contribution is -0.120. The van der Waals surface area contributed by atoms with Gasteiger partial charge in [0.15, 0.2) is 0 Å². The number of nitrogens with one attached hydrogen (secondary N) is 1. The van der Waals surface area contributed by atoms with Crippen molar-refractivity contribution < 1.29 is 4.79 Å². The van der Waals surface area contributed by atoms with Gasteiger partial charge < -0.3 is 11.1 Å². The van der Waals surface area contributed by atoms with E-state index >= 15 is 0 Å². The summed E-state index contributed by atoms with van der Waals surface area (Å²) in [6.45, 7) is 4.08. The molecule has 0 saturated heterocycles. The van der Waals surface area contributed by atoms with Crippen LogP contribution in [-0.2, 0) is 4.79 Å². The molecule has 3 N–H and O–H groups in total. The number of carbonyl (C=O) groups excluding carboxylic acids is 1. The van der Waals surface area contributed by atoms with Gasteiger partial charge in [0.1, 0.15) is 0 Å². The highest BCUT2D eigenvalue weighted by molar-refractivity contribution is 8.00. The zero-order chi connectivity index (χ0) is 12.8. The maximum atomic E-state index is 11.6. The third-order valence-corrected chi connectivity index (χ3v) is 3.38. The summed E-state index contributed by atoms with van der Waals surface area (Å²) in [5, 5.41) is 2.43. The minimum absolute atomic E-state index is 0.0751. The standard InChI is InChI=1S/C13H16N2OS/c1-4-7-15-13(16)10(3)17-12-8-9(2)5-6-11(12)14/h1,5-6,8,10H,7,14H2,2-3H3,(H,15,16). The summed E-state index contributed by atoms with van der Waals surface area (Å²) in [6, 6.07) is 5.77. The number of terminal acetylenes is 1. The van der Waals surface area contributed by atoms with Gasteiger partial charge in [0.25, 0.3) is 0 Å². The van der Waals surface area contributed by atoms with Crippen LogP contribution >= 0.6 is 11.8 Å². The van der Waals surface area contributed by atoms with Crippen LogP contribution < -0.4 is 11.1 Å². The molecule has 0 fully saturated rings. The lowest BCUT2D eigenvalue weighted by Crippen LogP contribution is -2.31. The molecule has 3 nitrogen and oxygen atoms in total. The zero-order valence-corrected chi connectivity index (χ0v) is 10.8. The largest absolute Gasteiger partial charge is 0.398 e. The smallest absolute Gasteiger partial charge is 0.233 e. The second kappa shape index (κ2) is 6.21. The summed E-state index contributed by atoms with van der Waals surface area (Å²) < 4.78 is 0. The average Bonchev–Trinajstić information content (AvgIpc) is 2.30. The molecule has 0 aromatic heterocycles.